The summed E-state index contributed by atoms with van der Waals surface area (Å²) in [6.45, 7) is 4.16. The number of carbonyl (C=O) groups is 2. The van der Waals surface area contributed by atoms with Crippen LogP contribution in [0.5, 0.6) is 0 Å². The van der Waals surface area contributed by atoms with Gasteiger partial charge in [-0.05, 0) is 44.6 Å². The van der Waals surface area contributed by atoms with Crippen LogP contribution in [0.2, 0.25) is 0 Å². The lowest BCUT2D eigenvalue weighted by Crippen LogP contribution is -2.44. The fourth-order valence-corrected chi connectivity index (χ4v) is 2.34. The van der Waals surface area contributed by atoms with E-state index >= 15 is 0 Å². The lowest BCUT2D eigenvalue weighted by atomic mass is 9.81. The Morgan fingerprint density at radius 1 is 1.39 bits per heavy atom. The highest BCUT2D eigenvalue weighted by Crippen LogP contribution is 2.28. The second kappa shape index (κ2) is 7.16. The number of aliphatic carboxylic acids is 1. The van der Waals surface area contributed by atoms with E-state index in [4.69, 9.17) is 10.8 Å². The Bertz CT molecular complexity index is 309. The number of carbonyl (C=O) groups excluding carboxylic acids is 1. The highest BCUT2D eigenvalue weighted by Gasteiger charge is 2.28. The monoisotopic (exact) mass is 254 g/mol. The van der Waals surface area contributed by atoms with E-state index in [-0.39, 0.29) is 18.2 Å². The summed E-state index contributed by atoms with van der Waals surface area (Å²) in [5.74, 6) is -0.726. The molecule has 1 fully saturated rings. The summed E-state index contributed by atoms with van der Waals surface area (Å²) in [6.07, 6.45) is 5.26. The van der Waals surface area contributed by atoms with Gasteiger partial charge in [-0.15, -0.1) is 6.58 Å². The van der Waals surface area contributed by atoms with Crippen LogP contribution < -0.4 is 11.1 Å². The van der Waals surface area contributed by atoms with Crippen LogP contribution in [0.15, 0.2) is 12.7 Å². The van der Waals surface area contributed by atoms with Crippen molar-refractivity contribution in [2.45, 2.75) is 38.1 Å². The lowest BCUT2D eigenvalue weighted by Gasteiger charge is -2.27. The molecule has 0 heterocycles. The van der Waals surface area contributed by atoms with Gasteiger partial charge in [0.1, 0.15) is 6.04 Å². The van der Waals surface area contributed by atoms with Crippen LogP contribution in [-0.2, 0) is 9.59 Å². The average Bonchev–Trinajstić information content (AvgIpc) is 2.38. The summed E-state index contributed by atoms with van der Waals surface area (Å²) in [5.41, 5.74) is 5.60. The fraction of sp³-hybridized carbons (Fsp3) is 0.692. The molecule has 1 amide bonds. The van der Waals surface area contributed by atoms with Crippen molar-refractivity contribution in [3.63, 3.8) is 0 Å². The van der Waals surface area contributed by atoms with Crippen LogP contribution in [0.1, 0.15) is 32.1 Å². The summed E-state index contributed by atoms with van der Waals surface area (Å²) >= 11 is 0. The van der Waals surface area contributed by atoms with Gasteiger partial charge in [-0.2, -0.15) is 0 Å². The number of amides is 1. The Labute approximate surface area is 107 Å². The zero-order chi connectivity index (χ0) is 13.5. The van der Waals surface area contributed by atoms with E-state index in [0.717, 1.165) is 25.7 Å². The van der Waals surface area contributed by atoms with Gasteiger partial charge in [0.15, 0.2) is 0 Å². The van der Waals surface area contributed by atoms with Gasteiger partial charge in [-0.25, -0.2) is 4.79 Å². The highest BCUT2D eigenvalue weighted by molar-refractivity contribution is 5.85. The number of carboxylic acids is 1. The Morgan fingerprint density at radius 2 is 2.00 bits per heavy atom. The number of carboxylic acid groups (broad SMARTS) is 1. The zero-order valence-electron chi connectivity index (χ0n) is 10.6. The molecule has 4 N–H and O–H groups in total. The van der Waals surface area contributed by atoms with Crippen LogP contribution in [0, 0.1) is 11.8 Å². The van der Waals surface area contributed by atoms with Crippen molar-refractivity contribution in [2.24, 2.45) is 17.6 Å². The standard InChI is InChI=1S/C13H22N2O3/c1-2-3-11(13(17)18)15-12(16)10-6-4-9(8-14)5-7-10/h2,9-11H,1,3-8,14H2,(H,15,16)(H,17,18). The quantitative estimate of drug-likeness (QED) is 0.614. The highest BCUT2D eigenvalue weighted by atomic mass is 16.4. The van der Waals surface area contributed by atoms with Crippen LogP contribution in [-0.4, -0.2) is 29.6 Å². The van der Waals surface area contributed by atoms with Crippen LogP contribution in [0.3, 0.4) is 0 Å². The smallest absolute Gasteiger partial charge is 0.326 e. The Kier molecular flexibility index (Phi) is 5.85. The third kappa shape index (κ3) is 4.14. The maximum Gasteiger partial charge on any atom is 0.326 e. The van der Waals surface area contributed by atoms with E-state index in [2.05, 4.69) is 11.9 Å². The minimum absolute atomic E-state index is 0.0699. The molecule has 102 valence electrons. The van der Waals surface area contributed by atoms with Crippen molar-refractivity contribution in [1.82, 2.24) is 5.32 Å². The van der Waals surface area contributed by atoms with E-state index in [1.807, 2.05) is 0 Å². The molecule has 0 saturated heterocycles. The molecular weight excluding hydrogens is 232 g/mol. The molecule has 0 aliphatic heterocycles. The molecule has 1 unspecified atom stereocenters. The fourth-order valence-electron chi connectivity index (χ4n) is 2.34. The second-order valence-electron chi connectivity index (χ2n) is 4.88. The number of nitrogens with two attached hydrogens (primary N) is 1. The lowest BCUT2D eigenvalue weighted by molar-refractivity contribution is -0.142. The predicted octanol–water partition coefficient (Wildman–Crippen LogP) is 0.897. The van der Waals surface area contributed by atoms with E-state index in [0.29, 0.717) is 12.5 Å². The number of hydrogen-bond acceptors (Lipinski definition) is 3. The van der Waals surface area contributed by atoms with Gasteiger partial charge in [-0.3, -0.25) is 4.79 Å². The van der Waals surface area contributed by atoms with Gasteiger partial charge < -0.3 is 16.2 Å². The first kappa shape index (κ1) is 14.7. The molecule has 1 atom stereocenters. The van der Waals surface area contributed by atoms with Gasteiger partial charge in [0, 0.05) is 5.92 Å². The van der Waals surface area contributed by atoms with Crippen molar-refractivity contribution < 1.29 is 14.7 Å². The van der Waals surface area contributed by atoms with Gasteiger partial charge in [-0.1, -0.05) is 6.08 Å². The summed E-state index contributed by atoms with van der Waals surface area (Å²) in [5, 5.41) is 11.5. The SMILES string of the molecule is C=CCC(NC(=O)C1CCC(CN)CC1)C(=O)O. The third-order valence-electron chi connectivity index (χ3n) is 3.57. The first-order valence-corrected chi connectivity index (χ1v) is 6.42. The number of nitrogens with one attached hydrogen (secondary N) is 1. The molecule has 1 aliphatic rings. The molecule has 18 heavy (non-hydrogen) atoms. The first-order valence-electron chi connectivity index (χ1n) is 6.42. The Balaban J connectivity index is 2.45. The van der Waals surface area contributed by atoms with Crippen LogP contribution >= 0.6 is 0 Å². The minimum atomic E-state index is -1.01. The summed E-state index contributed by atoms with van der Waals surface area (Å²) in [7, 11) is 0. The Morgan fingerprint density at radius 3 is 2.44 bits per heavy atom. The predicted molar refractivity (Wildman–Crippen MR) is 68.9 cm³/mol. The molecule has 5 heteroatoms. The maximum atomic E-state index is 11.9. The molecule has 1 aliphatic carbocycles. The summed E-state index contributed by atoms with van der Waals surface area (Å²) < 4.78 is 0. The molecule has 0 radical (unpaired) electrons. The third-order valence-corrected chi connectivity index (χ3v) is 3.57. The average molecular weight is 254 g/mol. The van der Waals surface area contributed by atoms with Crippen molar-refractivity contribution in [3.8, 4) is 0 Å². The molecule has 0 aromatic carbocycles. The topological polar surface area (TPSA) is 92.4 Å². The maximum absolute atomic E-state index is 11.9. The second-order valence-corrected chi connectivity index (χ2v) is 4.88. The first-order chi connectivity index (χ1) is 8.58. The van der Waals surface area contributed by atoms with E-state index in [9.17, 15) is 9.59 Å². The minimum Gasteiger partial charge on any atom is -0.480 e. The molecule has 0 spiro atoms. The van der Waals surface area contributed by atoms with Crippen LogP contribution in [0.25, 0.3) is 0 Å². The van der Waals surface area contributed by atoms with Gasteiger partial charge in [0.25, 0.3) is 0 Å². The molecule has 0 aromatic heterocycles. The van der Waals surface area contributed by atoms with Crippen molar-refractivity contribution in [3.05, 3.63) is 12.7 Å². The van der Waals surface area contributed by atoms with Gasteiger partial charge in [0.05, 0.1) is 0 Å². The molecule has 0 aromatic rings. The zero-order valence-corrected chi connectivity index (χ0v) is 10.6. The molecule has 1 saturated carbocycles. The van der Waals surface area contributed by atoms with Crippen LogP contribution in [0.4, 0.5) is 0 Å². The van der Waals surface area contributed by atoms with Crippen molar-refractivity contribution >= 4 is 11.9 Å². The molecule has 1 rings (SSSR count). The van der Waals surface area contributed by atoms with Crippen molar-refractivity contribution in [1.29, 1.82) is 0 Å². The van der Waals surface area contributed by atoms with Crippen molar-refractivity contribution in [2.75, 3.05) is 6.54 Å². The van der Waals surface area contributed by atoms with E-state index in [1.165, 1.54) is 6.08 Å². The van der Waals surface area contributed by atoms with Gasteiger partial charge in [0.2, 0.25) is 5.91 Å². The van der Waals surface area contributed by atoms with Gasteiger partial charge >= 0.3 is 5.97 Å². The largest absolute Gasteiger partial charge is 0.480 e. The normalized spacial score (nSPS) is 25.2. The Hall–Kier alpha value is -1.36. The number of hydrogen-bond donors (Lipinski definition) is 3. The molecule has 5 nitrogen and oxygen atoms in total. The van der Waals surface area contributed by atoms with E-state index < -0.39 is 12.0 Å². The van der Waals surface area contributed by atoms with E-state index in [1.54, 1.807) is 0 Å². The number of rotatable bonds is 6. The molecular formula is C13H22N2O3. The summed E-state index contributed by atoms with van der Waals surface area (Å²) in [4.78, 5) is 22.9. The molecule has 0 bridgehead atoms. The summed E-state index contributed by atoms with van der Waals surface area (Å²) in [6, 6.07) is -0.859.